The molecule has 2 N–H and O–H groups in total. The van der Waals surface area contributed by atoms with Gasteiger partial charge in [0.05, 0.1) is 33.5 Å². The average molecular weight is 453 g/mol. The fourth-order valence-corrected chi connectivity index (χ4v) is 5.29. The fraction of sp³-hybridized carbons (Fsp3) is 0.273. The summed E-state index contributed by atoms with van der Waals surface area (Å²) < 4.78 is 5.55. The van der Waals surface area contributed by atoms with Crippen molar-refractivity contribution in [3.05, 3.63) is 46.5 Å². The van der Waals surface area contributed by atoms with Crippen LogP contribution < -0.4 is 4.90 Å². The van der Waals surface area contributed by atoms with Crippen LogP contribution in [0.2, 0.25) is 0 Å². The zero-order valence-corrected chi connectivity index (χ0v) is 17.9. The minimum Gasteiger partial charge on any atom is -0.507 e. The highest BCUT2D eigenvalue weighted by Crippen LogP contribution is 2.43. The minimum absolute atomic E-state index is 0.0977. The number of benzene rings is 2. The number of thiazole rings is 1. The van der Waals surface area contributed by atoms with Crippen LogP contribution in [-0.2, 0) is 4.74 Å². The van der Waals surface area contributed by atoms with E-state index in [1.165, 1.54) is 35.6 Å². The Balaban J connectivity index is 1.53. The average Bonchev–Trinajstić information content (AvgIpc) is 3.20. The van der Waals surface area contributed by atoms with E-state index >= 15 is 0 Å². The maximum atomic E-state index is 13.3. The van der Waals surface area contributed by atoms with Gasteiger partial charge in [-0.2, -0.15) is 0 Å². The molecule has 1 saturated heterocycles. The molecule has 0 unspecified atom stereocenters. The van der Waals surface area contributed by atoms with Crippen LogP contribution in [-0.4, -0.2) is 70.5 Å². The summed E-state index contributed by atoms with van der Waals surface area (Å²) in [6, 6.07) is 5.71. The number of hydrogen-bond donors (Lipinski definition) is 2. The first-order valence-corrected chi connectivity index (χ1v) is 11.0. The Morgan fingerprint density at radius 1 is 1.06 bits per heavy atom. The van der Waals surface area contributed by atoms with Gasteiger partial charge in [0.2, 0.25) is 5.78 Å². The number of anilines is 1. The van der Waals surface area contributed by atoms with Crippen LogP contribution in [0, 0.1) is 0 Å². The molecule has 0 spiro atoms. The summed E-state index contributed by atoms with van der Waals surface area (Å²) in [5.74, 6) is -1.67. The third-order valence-electron chi connectivity index (χ3n) is 5.69. The number of hydrogen-bond acceptors (Lipinski definition) is 9. The first-order valence-electron chi connectivity index (χ1n) is 10.1. The predicted octanol–water partition coefficient (Wildman–Crippen LogP) is 2.76. The lowest BCUT2D eigenvalue weighted by Crippen LogP contribution is -2.48. The Bertz CT molecular complexity index is 1290. The molecule has 0 bridgehead atoms. The zero-order valence-electron chi connectivity index (χ0n) is 17.1. The smallest absolute Gasteiger partial charge is 0.409 e. The molecule has 1 aliphatic carbocycles. The second-order valence-electron chi connectivity index (χ2n) is 7.52. The number of fused-ring (bicyclic) bond motifs is 4. The van der Waals surface area contributed by atoms with Crippen LogP contribution in [0.4, 0.5) is 9.93 Å². The Morgan fingerprint density at radius 3 is 2.53 bits per heavy atom. The standard InChI is InChI=1S/C22H19N3O6S/c1-2-31-22(30)25-8-6-24(7-9-25)21-23-12-10-14(27)16-17(20(12)32-21)18(28)11-4-3-5-13(26)15(11)19(16)29/h3-5,10,26-27H,2,6-9H2,1H3. The number of phenolic OH excluding ortho intramolecular Hbond substituents is 2. The third kappa shape index (κ3) is 2.98. The van der Waals surface area contributed by atoms with Gasteiger partial charge in [0.25, 0.3) is 0 Å². The van der Waals surface area contributed by atoms with Gasteiger partial charge in [0, 0.05) is 37.8 Å². The summed E-state index contributed by atoms with van der Waals surface area (Å²) in [5.41, 5.74) is 0.418. The van der Waals surface area contributed by atoms with Crippen molar-refractivity contribution < 1.29 is 29.3 Å². The maximum Gasteiger partial charge on any atom is 0.409 e. The van der Waals surface area contributed by atoms with Gasteiger partial charge < -0.3 is 24.7 Å². The first kappa shape index (κ1) is 20.3. The molecule has 1 aliphatic heterocycles. The van der Waals surface area contributed by atoms with E-state index in [1.54, 1.807) is 11.8 Å². The molecule has 1 aromatic heterocycles. The van der Waals surface area contributed by atoms with Gasteiger partial charge in [0.1, 0.15) is 11.5 Å². The number of piperazine rings is 1. The summed E-state index contributed by atoms with van der Waals surface area (Å²) in [6.07, 6.45) is -0.346. The predicted molar refractivity (Wildman–Crippen MR) is 117 cm³/mol. The Morgan fingerprint density at radius 2 is 1.81 bits per heavy atom. The molecular formula is C22H19N3O6S. The molecule has 1 fully saturated rings. The van der Waals surface area contributed by atoms with Crippen LogP contribution in [0.5, 0.6) is 11.5 Å². The molecule has 0 radical (unpaired) electrons. The number of amides is 1. The van der Waals surface area contributed by atoms with E-state index in [0.29, 0.717) is 48.1 Å². The fourth-order valence-electron chi connectivity index (χ4n) is 4.14. The van der Waals surface area contributed by atoms with E-state index in [0.717, 1.165) is 0 Å². The highest BCUT2D eigenvalue weighted by Gasteiger charge is 2.37. The number of aromatic hydroxyl groups is 2. The van der Waals surface area contributed by atoms with Gasteiger partial charge in [-0.1, -0.05) is 23.5 Å². The molecule has 5 rings (SSSR count). The third-order valence-corrected chi connectivity index (χ3v) is 6.84. The largest absolute Gasteiger partial charge is 0.507 e. The number of ether oxygens (including phenoxy) is 1. The van der Waals surface area contributed by atoms with Gasteiger partial charge in [-0.05, 0) is 13.0 Å². The molecule has 2 aromatic carbocycles. The van der Waals surface area contributed by atoms with Gasteiger partial charge in [-0.3, -0.25) is 9.59 Å². The topological polar surface area (TPSA) is 120 Å². The van der Waals surface area contributed by atoms with Gasteiger partial charge in [-0.25, -0.2) is 9.78 Å². The SMILES string of the molecule is CCOC(=O)N1CCN(c2nc3cc(O)c4c(c3s2)C(=O)c2cccc(O)c2C4=O)CC1. The number of rotatable bonds is 2. The molecule has 2 aliphatic rings. The summed E-state index contributed by atoms with van der Waals surface area (Å²) in [7, 11) is 0. The summed E-state index contributed by atoms with van der Waals surface area (Å²) in [6.45, 7) is 4.10. The maximum absolute atomic E-state index is 13.3. The Kier molecular flexibility index (Phi) is 4.74. The molecule has 9 nitrogen and oxygen atoms in total. The Labute approximate surface area is 186 Å². The molecule has 164 valence electrons. The highest BCUT2D eigenvalue weighted by molar-refractivity contribution is 7.22. The van der Waals surface area contributed by atoms with E-state index < -0.39 is 11.6 Å². The molecule has 1 amide bonds. The van der Waals surface area contributed by atoms with Gasteiger partial charge in [-0.15, -0.1) is 0 Å². The number of ketones is 2. The molecular weight excluding hydrogens is 434 g/mol. The van der Waals surface area contributed by atoms with Crippen LogP contribution in [0.3, 0.4) is 0 Å². The number of nitrogens with zero attached hydrogens (tertiary/aromatic N) is 3. The van der Waals surface area contributed by atoms with E-state index in [9.17, 15) is 24.6 Å². The second kappa shape index (κ2) is 7.49. The number of aromatic nitrogens is 1. The first-order chi connectivity index (χ1) is 15.4. The van der Waals surface area contributed by atoms with Crippen molar-refractivity contribution >= 4 is 44.3 Å². The van der Waals surface area contributed by atoms with Gasteiger partial charge >= 0.3 is 6.09 Å². The summed E-state index contributed by atoms with van der Waals surface area (Å²) in [5, 5.41) is 21.3. The lowest BCUT2D eigenvalue weighted by atomic mass is 9.83. The van der Waals surface area contributed by atoms with Crippen molar-refractivity contribution in [1.29, 1.82) is 0 Å². The van der Waals surface area contributed by atoms with Crippen LogP contribution in [0.25, 0.3) is 10.2 Å². The van der Waals surface area contributed by atoms with Crippen LogP contribution in [0.15, 0.2) is 24.3 Å². The molecule has 3 aromatic rings. The van der Waals surface area contributed by atoms with Crippen molar-refractivity contribution in [2.75, 3.05) is 37.7 Å². The highest BCUT2D eigenvalue weighted by atomic mass is 32.1. The monoisotopic (exact) mass is 453 g/mol. The summed E-state index contributed by atoms with van der Waals surface area (Å²) in [4.78, 5) is 46.5. The van der Waals surface area contributed by atoms with Crippen LogP contribution >= 0.6 is 11.3 Å². The van der Waals surface area contributed by atoms with Crippen molar-refractivity contribution in [3.8, 4) is 11.5 Å². The van der Waals surface area contributed by atoms with Crippen LogP contribution in [0.1, 0.15) is 38.8 Å². The Hall–Kier alpha value is -3.66. The number of carbonyl (C=O) groups is 3. The molecule has 0 saturated carbocycles. The van der Waals surface area contributed by atoms with Gasteiger partial charge in [0.15, 0.2) is 10.9 Å². The molecule has 2 heterocycles. The van der Waals surface area contributed by atoms with E-state index in [4.69, 9.17) is 4.74 Å². The van der Waals surface area contributed by atoms with Crippen molar-refractivity contribution in [3.63, 3.8) is 0 Å². The van der Waals surface area contributed by atoms with Crippen molar-refractivity contribution in [2.45, 2.75) is 6.92 Å². The lowest BCUT2D eigenvalue weighted by molar-refractivity contribution is 0.0975. The second-order valence-corrected chi connectivity index (χ2v) is 8.50. The molecule has 32 heavy (non-hydrogen) atoms. The van der Waals surface area contributed by atoms with E-state index in [-0.39, 0.29) is 39.8 Å². The van der Waals surface area contributed by atoms with E-state index in [1.807, 2.05) is 4.90 Å². The van der Waals surface area contributed by atoms with Crippen molar-refractivity contribution in [1.82, 2.24) is 9.88 Å². The quantitative estimate of drug-likeness (QED) is 0.475. The number of carbonyl (C=O) groups excluding carboxylic acids is 3. The molecule has 10 heteroatoms. The van der Waals surface area contributed by atoms with E-state index in [2.05, 4.69) is 4.98 Å². The number of phenols is 2. The lowest BCUT2D eigenvalue weighted by Gasteiger charge is -2.33. The normalized spacial score (nSPS) is 15.7. The molecule has 0 atom stereocenters. The van der Waals surface area contributed by atoms with Crippen molar-refractivity contribution in [2.24, 2.45) is 0 Å². The zero-order chi connectivity index (χ0) is 22.6. The minimum atomic E-state index is -0.592. The summed E-state index contributed by atoms with van der Waals surface area (Å²) >= 11 is 1.27.